The molecule has 1 saturated heterocycles. The van der Waals surface area contributed by atoms with E-state index >= 15 is 0 Å². The van der Waals surface area contributed by atoms with Crippen LogP contribution in [-0.4, -0.2) is 45.3 Å². The first-order valence-electron chi connectivity index (χ1n) is 9.94. The van der Waals surface area contributed by atoms with Crippen molar-refractivity contribution < 1.29 is 4.79 Å². The molecule has 0 spiro atoms. The molecule has 2 aromatic heterocycles. The van der Waals surface area contributed by atoms with E-state index in [4.69, 9.17) is 4.98 Å². The van der Waals surface area contributed by atoms with Crippen LogP contribution in [0.4, 0.5) is 17.5 Å². The van der Waals surface area contributed by atoms with Crippen molar-refractivity contribution >= 4 is 23.4 Å². The van der Waals surface area contributed by atoms with Crippen molar-refractivity contribution in [1.29, 1.82) is 0 Å². The number of carbonyl (C=O) groups excluding carboxylic acids is 1. The van der Waals surface area contributed by atoms with Gasteiger partial charge < -0.3 is 15.1 Å². The number of hydrogen-bond donors (Lipinski definition) is 1. The summed E-state index contributed by atoms with van der Waals surface area (Å²) in [4.78, 5) is 25.4. The number of likely N-dealkylation sites (N-methyl/N-ethyl adjacent to an activating group) is 1. The minimum absolute atomic E-state index is 0.0837. The van der Waals surface area contributed by atoms with Crippen LogP contribution < -0.4 is 15.1 Å². The fourth-order valence-electron chi connectivity index (χ4n) is 3.88. The zero-order valence-corrected chi connectivity index (χ0v) is 16.3. The summed E-state index contributed by atoms with van der Waals surface area (Å²) in [6.07, 6.45) is 12.8. The van der Waals surface area contributed by atoms with Crippen LogP contribution >= 0.6 is 0 Å². The number of aryl methyl sites for hydroxylation is 1. The number of fused-ring (bicyclic) bond motifs is 3. The Morgan fingerprint density at radius 3 is 3.11 bits per heavy atom. The number of nitrogens with zero attached hydrogens (tertiary/aromatic N) is 6. The van der Waals surface area contributed by atoms with Crippen molar-refractivity contribution in [3.63, 3.8) is 0 Å². The number of aromatic nitrogens is 4. The molecule has 8 nitrogen and oxygen atoms in total. The van der Waals surface area contributed by atoms with E-state index in [2.05, 4.69) is 33.1 Å². The molecule has 28 heavy (non-hydrogen) atoms. The van der Waals surface area contributed by atoms with Gasteiger partial charge in [-0.2, -0.15) is 10.1 Å². The Balaban J connectivity index is 1.40. The van der Waals surface area contributed by atoms with Gasteiger partial charge in [0.1, 0.15) is 11.7 Å². The van der Waals surface area contributed by atoms with Gasteiger partial charge in [-0.15, -0.1) is 6.58 Å². The van der Waals surface area contributed by atoms with Gasteiger partial charge in [0.05, 0.1) is 12.4 Å². The van der Waals surface area contributed by atoms with E-state index in [1.54, 1.807) is 18.1 Å². The number of rotatable bonds is 8. The van der Waals surface area contributed by atoms with E-state index in [1.165, 1.54) is 0 Å². The first-order valence-corrected chi connectivity index (χ1v) is 9.94. The molecule has 1 amide bonds. The van der Waals surface area contributed by atoms with E-state index in [0.29, 0.717) is 12.5 Å². The van der Waals surface area contributed by atoms with Crippen LogP contribution in [0.5, 0.6) is 0 Å². The molecule has 1 N–H and O–H groups in total. The Kier molecular flexibility index (Phi) is 5.27. The average molecular weight is 381 g/mol. The van der Waals surface area contributed by atoms with Crippen molar-refractivity contribution in [1.82, 2.24) is 19.7 Å². The average Bonchev–Trinajstić information content (AvgIpc) is 3.37. The second kappa shape index (κ2) is 8.00. The predicted octanol–water partition coefficient (Wildman–Crippen LogP) is 2.59. The van der Waals surface area contributed by atoms with Gasteiger partial charge in [-0.05, 0) is 32.1 Å². The molecule has 1 fully saturated rings. The maximum absolute atomic E-state index is 12.5. The quantitative estimate of drug-likeness (QED) is 0.559. The van der Waals surface area contributed by atoms with Gasteiger partial charge in [-0.1, -0.05) is 6.08 Å². The number of carbonyl (C=O) groups is 1. The Labute approximate surface area is 165 Å². The van der Waals surface area contributed by atoms with Gasteiger partial charge >= 0.3 is 0 Å². The Bertz CT molecular complexity index is 862. The molecule has 0 saturated carbocycles. The Morgan fingerprint density at radius 2 is 2.25 bits per heavy atom. The zero-order valence-electron chi connectivity index (χ0n) is 16.3. The van der Waals surface area contributed by atoms with Crippen molar-refractivity contribution in [2.75, 3.05) is 28.7 Å². The minimum atomic E-state index is -0.0837. The van der Waals surface area contributed by atoms with Crippen LogP contribution in [0.15, 0.2) is 31.2 Å². The van der Waals surface area contributed by atoms with Crippen molar-refractivity contribution in [3.8, 4) is 0 Å². The summed E-state index contributed by atoms with van der Waals surface area (Å²) < 4.78 is 1.98. The number of allylic oxidation sites excluding steroid dienone is 1. The Hall–Kier alpha value is -2.90. The highest BCUT2D eigenvalue weighted by Crippen LogP contribution is 2.37. The molecule has 1 unspecified atom stereocenters. The van der Waals surface area contributed by atoms with E-state index in [9.17, 15) is 4.79 Å². The molecular weight excluding hydrogens is 354 g/mol. The molecule has 4 rings (SSSR count). The van der Waals surface area contributed by atoms with Crippen molar-refractivity contribution in [2.45, 2.75) is 51.2 Å². The summed E-state index contributed by atoms with van der Waals surface area (Å²) in [6, 6.07) is -0.0837. The molecule has 2 aliphatic rings. The van der Waals surface area contributed by atoms with E-state index in [-0.39, 0.29) is 11.9 Å². The van der Waals surface area contributed by atoms with Gasteiger partial charge in [0.2, 0.25) is 11.9 Å². The second-order valence-corrected chi connectivity index (χ2v) is 7.40. The van der Waals surface area contributed by atoms with Gasteiger partial charge in [0.25, 0.3) is 0 Å². The first kappa shape index (κ1) is 18.5. The fourth-order valence-corrected chi connectivity index (χ4v) is 3.88. The largest absolute Gasteiger partial charge is 0.350 e. The molecule has 0 radical (unpaired) electrons. The van der Waals surface area contributed by atoms with Crippen LogP contribution in [0.2, 0.25) is 0 Å². The summed E-state index contributed by atoms with van der Waals surface area (Å²) in [6.45, 7) is 6.15. The summed E-state index contributed by atoms with van der Waals surface area (Å²) >= 11 is 0. The van der Waals surface area contributed by atoms with Crippen LogP contribution in [-0.2, 0) is 17.9 Å². The van der Waals surface area contributed by atoms with Gasteiger partial charge in [-0.25, -0.2) is 4.98 Å². The number of anilines is 3. The molecular formula is C20H27N7O. The standard InChI is InChI=1S/C20H27N7O/c1-3-4-5-6-9-26-14-15(12-23-26)11-21-20-22-13-17-18(24-20)27-10-7-8-16(27)19(28)25(17)2/h3,12-14,16H,1,4-11H2,2H3,(H,21,22,24). The number of nitrogens with one attached hydrogen (secondary N) is 1. The topological polar surface area (TPSA) is 79.2 Å². The smallest absolute Gasteiger partial charge is 0.249 e. The summed E-state index contributed by atoms with van der Waals surface area (Å²) in [5.74, 6) is 1.56. The third kappa shape index (κ3) is 3.58. The lowest BCUT2D eigenvalue weighted by Gasteiger charge is -2.36. The van der Waals surface area contributed by atoms with Crippen molar-refractivity contribution in [3.05, 3.63) is 36.8 Å². The lowest BCUT2D eigenvalue weighted by Crippen LogP contribution is -2.49. The van der Waals surface area contributed by atoms with Crippen molar-refractivity contribution in [2.24, 2.45) is 0 Å². The molecule has 1 atom stereocenters. The van der Waals surface area contributed by atoms with E-state index < -0.39 is 0 Å². The molecule has 2 aliphatic heterocycles. The summed E-state index contributed by atoms with van der Waals surface area (Å²) in [7, 11) is 1.80. The first-order chi connectivity index (χ1) is 13.7. The number of unbranched alkanes of at least 4 members (excludes halogenated alkanes) is 2. The Morgan fingerprint density at radius 1 is 1.36 bits per heavy atom. The number of amides is 1. The molecule has 4 heterocycles. The van der Waals surface area contributed by atoms with Gasteiger partial charge in [0, 0.05) is 38.4 Å². The highest BCUT2D eigenvalue weighted by molar-refractivity contribution is 6.04. The monoisotopic (exact) mass is 381 g/mol. The molecule has 2 aromatic rings. The predicted molar refractivity (Wildman–Crippen MR) is 109 cm³/mol. The van der Waals surface area contributed by atoms with Crippen LogP contribution in [0.1, 0.15) is 37.7 Å². The molecule has 0 aromatic carbocycles. The fraction of sp³-hybridized carbons (Fsp3) is 0.500. The van der Waals surface area contributed by atoms with E-state index in [1.807, 2.05) is 17.0 Å². The SMILES string of the molecule is C=CCCCCn1cc(CNc2ncc3c(n2)N2CCCC2C(=O)N3C)cn1. The molecule has 148 valence electrons. The maximum atomic E-state index is 12.5. The van der Waals surface area contributed by atoms with Crippen LogP contribution in [0.25, 0.3) is 0 Å². The second-order valence-electron chi connectivity index (χ2n) is 7.40. The number of hydrogen-bond acceptors (Lipinski definition) is 6. The summed E-state index contributed by atoms with van der Waals surface area (Å²) in [5, 5.41) is 7.70. The third-order valence-electron chi connectivity index (χ3n) is 5.43. The highest BCUT2D eigenvalue weighted by atomic mass is 16.2. The molecule has 8 heteroatoms. The molecule has 0 bridgehead atoms. The van der Waals surface area contributed by atoms with Crippen LogP contribution in [0.3, 0.4) is 0 Å². The van der Waals surface area contributed by atoms with Gasteiger partial charge in [0.15, 0.2) is 5.82 Å². The van der Waals surface area contributed by atoms with E-state index in [0.717, 1.165) is 62.3 Å². The lowest BCUT2D eigenvalue weighted by molar-refractivity contribution is -0.119. The minimum Gasteiger partial charge on any atom is -0.350 e. The summed E-state index contributed by atoms with van der Waals surface area (Å²) in [5.41, 5.74) is 1.87. The zero-order chi connectivity index (χ0) is 19.5. The van der Waals surface area contributed by atoms with Gasteiger partial charge in [-0.3, -0.25) is 9.48 Å². The van der Waals surface area contributed by atoms with Crippen LogP contribution in [0, 0.1) is 0 Å². The maximum Gasteiger partial charge on any atom is 0.249 e. The normalized spacial score (nSPS) is 18.2. The highest BCUT2D eigenvalue weighted by Gasteiger charge is 2.40. The third-order valence-corrected chi connectivity index (χ3v) is 5.43. The molecule has 0 aliphatic carbocycles. The lowest BCUT2D eigenvalue weighted by atomic mass is 10.1.